The van der Waals surface area contributed by atoms with Gasteiger partial charge in [0.1, 0.15) is 11.6 Å². The van der Waals surface area contributed by atoms with Crippen molar-refractivity contribution in [1.82, 2.24) is 16.2 Å². The van der Waals surface area contributed by atoms with Crippen LogP contribution < -0.4 is 20.9 Å². The molecule has 0 aliphatic heterocycles. The number of para-hydroxylation sites is 1. The molecule has 2 aromatic carbocycles. The van der Waals surface area contributed by atoms with Crippen molar-refractivity contribution in [2.24, 2.45) is 0 Å². The lowest BCUT2D eigenvalue weighted by Gasteiger charge is -2.14. The van der Waals surface area contributed by atoms with E-state index in [2.05, 4.69) is 16.2 Å². The summed E-state index contributed by atoms with van der Waals surface area (Å²) in [6.45, 7) is 4.14. The predicted octanol–water partition coefficient (Wildman–Crippen LogP) is 2.52. The number of hydrogen-bond donors (Lipinski definition) is 3. The summed E-state index contributed by atoms with van der Waals surface area (Å²) >= 11 is 5.06. The van der Waals surface area contributed by atoms with E-state index in [1.165, 1.54) is 12.1 Å². The third-order valence-corrected chi connectivity index (χ3v) is 3.68. The number of rotatable bonds is 5. The number of hydrazine groups is 1. The molecule has 2 rings (SSSR count). The molecule has 0 bridgehead atoms. The van der Waals surface area contributed by atoms with Crippen LogP contribution in [-0.4, -0.2) is 17.6 Å². The Hall–Kier alpha value is -2.67. The largest absolute Gasteiger partial charge is 0.483 e. The van der Waals surface area contributed by atoms with Crippen LogP contribution in [0.5, 0.6) is 5.75 Å². The first-order valence-corrected chi connectivity index (χ1v) is 8.12. The maximum absolute atomic E-state index is 12.8. The topological polar surface area (TPSA) is 62.4 Å². The van der Waals surface area contributed by atoms with Crippen LogP contribution in [0.25, 0.3) is 0 Å². The van der Waals surface area contributed by atoms with Crippen molar-refractivity contribution in [2.75, 3.05) is 6.61 Å². The molecular weight excluding hydrogens is 341 g/mol. The highest BCUT2D eigenvalue weighted by molar-refractivity contribution is 7.80. The molecule has 25 heavy (non-hydrogen) atoms. The van der Waals surface area contributed by atoms with Gasteiger partial charge in [-0.2, -0.15) is 0 Å². The SMILES string of the molecule is Cc1cccc(C)c1OCC(=O)NNC(=S)NCc1ccc(F)cc1. The zero-order valence-corrected chi connectivity index (χ0v) is 14.9. The van der Waals surface area contributed by atoms with Crippen molar-refractivity contribution in [1.29, 1.82) is 0 Å². The van der Waals surface area contributed by atoms with Gasteiger partial charge in [0.25, 0.3) is 5.91 Å². The first kappa shape index (κ1) is 18.7. The average Bonchev–Trinajstić information content (AvgIpc) is 2.59. The van der Waals surface area contributed by atoms with E-state index >= 15 is 0 Å². The van der Waals surface area contributed by atoms with Crippen molar-refractivity contribution >= 4 is 23.2 Å². The molecule has 0 radical (unpaired) electrons. The summed E-state index contributed by atoms with van der Waals surface area (Å²) in [5, 5.41) is 3.16. The fraction of sp³-hybridized carbons (Fsp3) is 0.222. The fourth-order valence-corrected chi connectivity index (χ4v) is 2.28. The molecule has 0 aromatic heterocycles. The monoisotopic (exact) mass is 361 g/mol. The number of carbonyl (C=O) groups excluding carboxylic acids is 1. The summed E-state index contributed by atoms with van der Waals surface area (Å²) in [5.74, 6) is 0.0591. The summed E-state index contributed by atoms with van der Waals surface area (Å²) in [6, 6.07) is 11.8. The smallest absolute Gasteiger partial charge is 0.276 e. The number of thiocarbonyl (C=S) groups is 1. The molecule has 0 aliphatic carbocycles. The molecular formula is C18H20FN3O2S. The summed E-state index contributed by atoms with van der Waals surface area (Å²) in [6.07, 6.45) is 0. The van der Waals surface area contributed by atoms with Crippen LogP contribution in [0.15, 0.2) is 42.5 Å². The molecule has 0 aliphatic rings. The minimum atomic E-state index is -0.353. The zero-order chi connectivity index (χ0) is 18.2. The van der Waals surface area contributed by atoms with Gasteiger partial charge in [-0.1, -0.05) is 30.3 Å². The van der Waals surface area contributed by atoms with Crippen LogP contribution >= 0.6 is 12.2 Å². The number of amides is 1. The van der Waals surface area contributed by atoms with E-state index in [-0.39, 0.29) is 23.4 Å². The Kier molecular flexibility index (Phi) is 6.71. The first-order chi connectivity index (χ1) is 12.0. The van der Waals surface area contributed by atoms with E-state index in [4.69, 9.17) is 17.0 Å². The van der Waals surface area contributed by atoms with Crippen LogP contribution in [0.3, 0.4) is 0 Å². The first-order valence-electron chi connectivity index (χ1n) is 7.72. The van der Waals surface area contributed by atoms with Gasteiger partial charge >= 0.3 is 0 Å². The Morgan fingerprint density at radius 3 is 2.36 bits per heavy atom. The molecule has 2 aromatic rings. The standard InChI is InChI=1S/C18H20FN3O2S/c1-12-4-3-5-13(2)17(12)24-11-16(23)21-22-18(25)20-10-14-6-8-15(19)9-7-14/h3-9H,10-11H2,1-2H3,(H,21,23)(H2,20,22,25). The Morgan fingerprint density at radius 2 is 1.72 bits per heavy atom. The van der Waals surface area contributed by atoms with E-state index in [9.17, 15) is 9.18 Å². The molecule has 0 saturated heterocycles. The second-order valence-electron chi connectivity index (χ2n) is 5.49. The van der Waals surface area contributed by atoms with E-state index < -0.39 is 0 Å². The highest BCUT2D eigenvalue weighted by atomic mass is 32.1. The van der Waals surface area contributed by atoms with E-state index in [1.807, 2.05) is 32.0 Å². The second-order valence-corrected chi connectivity index (χ2v) is 5.90. The molecule has 0 fully saturated rings. The van der Waals surface area contributed by atoms with Gasteiger partial charge in [-0.15, -0.1) is 0 Å². The molecule has 0 heterocycles. The molecule has 1 amide bonds. The Balaban J connectivity index is 1.70. The van der Waals surface area contributed by atoms with Gasteiger partial charge in [-0.05, 0) is 54.9 Å². The lowest BCUT2D eigenvalue weighted by atomic mass is 10.1. The van der Waals surface area contributed by atoms with Gasteiger partial charge < -0.3 is 10.1 Å². The predicted molar refractivity (Wildman–Crippen MR) is 98.5 cm³/mol. The molecule has 3 N–H and O–H groups in total. The maximum Gasteiger partial charge on any atom is 0.276 e. The summed E-state index contributed by atoms with van der Waals surface area (Å²) in [5.41, 5.74) is 7.87. The van der Waals surface area contributed by atoms with Crippen molar-refractivity contribution in [2.45, 2.75) is 20.4 Å². The van der Waals surface area contributed by atoms with Crippen LogP contribution in [0.2, 0.25) is 0 Å². The molecule has 0 spiro atoms. The maximum atomic E-state index is 12.8. The summed E-state index contributed by atoms with van der Waals surface area (Å²) in [4.78, 5) is 11.8. The molecule has 0 unspecified atom stereocenters. The number of hydrogen-bond acceptors (Lipinski definition) is 3. The number of nitrogens with one attached hydrogen (secondary N) is 3. The van der Waals surface area contributed by atoms with Gasteiger partial charge in [-0.3, -0.25) is 15.6 Å². The minimum Gasteiger partial charge on any atom is -0.483 e. The third-order valence-electron chi connectivity index (χ3n) is 3.44. The Labute approximate surface area is 151 Å². The van der Waals surface area contributed by atoms with Crippen LogP contribution in [0.1, 0.15) is 16.7 Å². The lowest BCUT2D eigenvalue weighted by Crippen LogP contribution is -2.48. The molecule has 132 valence electrons. The van der Waals surface area contributed by atoms with Gasteiger partial charge in [0.2, 0.25) is 0 Å². The summed E-state index contributed by atoms with van der Waals surface area (Å²) < 4.78 is 18.4. The van der Waals surface area contributed by atoms with Crippen LogP contribution in [0.4, 0.5) is 4.39 Å². The van der Waals surface area contributed by atoms with Crippen LogP contribution in [-0.2, 0) is 11.3 Å². The molecule has 7 heteroatoms. The minimum absolute atomic E-state index is 0.126. The Morgan fingerprint density at radius 1 is 1.08 bits per heavy atom. The number of ether oxygens (including phenoxy) is 1. The van der Waals surface area contributed by atoms with Gasteiger partial charge in [-0.25, -0.2) is 4.39 Å². The van der Waals surface area contributed by atoms with Gasteiger partial charge in [0, 0.05) is 6.54 Å². The molecule has 0 saturated carbocycles. The normalized spacial score (nSPS) is 10.0. The van der Waals surface area contributed by atoms with E-state index in [0.717, 1.165) is 16.7 Å². The quantitative estimate of drug-likeness (QED) is 0.564. The van der Waals surface area contributed by atoms with Gasteiger partial charge in [0.15, 0.2) is 11.7 Å². The number of benzene rings is 2. The van der Waals surface area contributed by atoms with E-state index in [0.29, 0.717) is 12.3 Å². The average molecular weight is 361 g/mol. The highest BCUT2D eigenvalue weighted by Gasteiger charge is 2.07. The highest BCUT2D eigenvalue weighted by Crippen LogP contribution is 2.21. The van der Waals surface area contributed by atoms with Crippen molar-refractivity contribution in [3.05, 3.63) is 65.0 Å². The fourth-order valence-electron chi connectivity index (χ4n) is 2.16. The third kappa shape index (κ3) is 6.04. The number of aryl methyl sites for hydroxylation is 2. The second kappa shape index (κ2) is 8.98. The lowest BCUT2D eigenvalue weighted by molar-refractivity contribution is -0.123. The van der Waals surface area contributed by atoms with Crippen molar-refractivity contribution in [3.63, 3.8) is 0 Å². The Bertz CT molecular complexity index is 730. The zero-order valence-electron chi connectivity index (χ0n) is 14.1. The van der Waals surface area contributed by atoms with Crippen molar-refractivity contribution < 1.29 is 13.9 Å². The van der Waals surface area contributed by atoms with E-state index in [1.54, 1.807) is 12.1 Å². The van der Waals surface area contributed by atoms with Crippen LogP contribution in [0, 0.1) is 19.7 Å². The van der Waals surface area contributed by atoms with Crippen molar-refractivity contribution in [3.8, 4) is 5.75 Å². The molecule has 0 atom stereocenters. The number of halogens is 1. The molecule has 5 nitrogen and oxygen atoms in total. The number of carbonyl (C=O) groups is 1. The summed E-state index contributed by atoms with van der Waals surface area (Å²) in [7, 11) is 0. The van der Waals surface area contributed by atoms with Gasteiger partial charge in [0.05, 0.1) is 0 Å².